The lowest BCUT2D eigenvalue weighted by molar-refractivity contribution is 0.102. The van der Waals surface area contributed by atoms with Gasteiger partial charge in [0.05, 0.1) is 4.88 Å². The summed E-state index contributed by atoms with van der Waals surface area (Å²) in [5.41, 5.74) is 0. The van der Waals surface area contributed by atoms with Gasteiger partial charge in [-0.25, -0.2) is 0 Å². The number of aryl methyl sites for hydroxylation is 1. The van der Waals surface area contributed by atoms with E-state index in [9.17, 15) is 4.79 Å². The van der Waals surface area contributed by atoms with E-state index in [4.69, 9.17) is 4.52 Å². The molecule has 2 rings (SSSR count). The second kappa shape index (κ2) is 5.30. The van der Waals surface area contributed by atoms with Gasteiger partial charge >= 0.3 is 6.01 Å². The summed E-state index contributed by atoms with van der Waals surface area (Å²) >= 11 is 1.49. The minimum atomic E-state index is -0.210. The maximum atomic E-state index is 11.9. The van der Waals surface area contributed by atoms with Gasteiger partial charge in [0, 0.05) is 4.88 Å². The van der Waals surface area contributed by atoms with Crippen LogP contribution in [0.3, 0.4) is 0 Å². The van der Waals surface area contributed by atoms with Crippen LogP contribution in [-0.2, 0) is 6.42 Å². The largest absolute Gasteiger partial charge is 0.328 e. The summed E-state index contributed by atoms with van der Waals surface area (Å²) in [7, 11) is 0. The van der Waals surface area contributed by atoms with Crippen LogP contribution in [0.4, 0.5) is 6.01 Å². The van der Waals surface area contributed by atoms with E-state index in [1.54, 1.807) is 6.92 Å². The lowest BCUT2D eigenvalue weighted by Gasteiger charge is -1.99. The highest BCUT2D eigenvalue weighted by atomic mass is 32.1. The van der Waals surface area contributed by atoms with Crippen molar-refractivity contribution in [3.63, 3.8) is 0 Å². The predicted octanol–water partition coefficient (Wildman–Crippen LogP) is 2.89. The molecule has 0 radical (unpaired) electrons. The molecular weight excluding hydrogens is 250 g/mol. The fourth-order valence-electron chi connectivity index (χ4n) is 1.52. The third-order valence-electron chi connectivity index (χ3n) is 2.24. The number of carbonyl (C=O) groups is 1. The minimum absolute atomic E-state index is 0.135. The monoisotopic (exact) mass is 265 g/mol. The van der Waals surface area contributed by atoms with Gasteiger partial charge < -0.3 is 4.52 Å². The molecule has 2 aromatic heterocycles. The highest BCUT2D eigenvalue weighted by Crippen LogP contribution is 2.20. The van der Waals surface area contributed by atoms with Crippen molar-refractivity contribution in [2.24, 2.45) is 5.92 Å². The predicted molar refractivity (Wildman–Crippen MR) is 69.8 cm³/mol. The van der Waals surface area contributed by atoms with Crippen molar-refractivity contribution < 1.29 is 9.32 Å². The van der Waals surface area contributed by atoms with Crippen LogP contribution in [0.2, 0.25) is 0 Å². The molecule has 6 heteroatoms. The quantitative estimate of drug-likeness (QED) is 0.923. The Bertz CT molecular complexity index is 545. The van der Waals surface area contributed by atoms with Gasteiger partial charge in [0.25, 0.3) is 5.91 Å². The maximum absolute atomic E-state index is 11.9. The summed E-state index contributed by atoms with van der Waals surface area (Å²) in [5, 5.41) is 6.19. The summed E-state index contributed by atoms with van der Waals surface area (Å²) in [6.45, 7) is 6.01. The van der Waals surface area contributed by atoms with Crippen LogP contribution < -0.4 is 5.32 Å². The first kappa shape index (κ1) is 12.8. The molecule has 5 nitrogen and oxygen atoms in total. The molecule has 0 aromatic carbocycles. The molecule has 2 aromatic rings. The average Bonchev–Trinajstić information content (AvgIpc) is 2.87. The van der Waals surface area contributed by atoms with Gasteiger partial charge in [0.15, 0.2) is 5.82 Å². The number of aromatic nitrogens is 2. The van der Waals surface area contributed by atoms with Crippen LogP contribution in [0.15, 0.2) is 16.7 Å². The smallest absolute Gasteiger partial charge is 0.315 e. The fourth-order valence-corrected chi connectivity index (χ4v) is 2.63. The molecule has 0 unspecified atom stereocenters. The number of amides is 1. The molecule has 0 saturated heterocycles. The molecule has 0 aliphatic rings. The molecule has 0 atom stereocenters. The fraction of sp³-hybridized carbons (Fsp3) is 0.417. The summed E-state index contributed by atoms with van der Waals surface area (Å²) < 4.78 is 4.84. The van der Waals surface area contributed by atoms with Crippen LogP contribution in [-0.4, -0.2) is 16.0 Å². The molecule has 18 heavy (non-hydrogen) atoms. The lowest BCUT2D eigenvalue weighted by Crippen LogP contribution is -2.10. The van der Waals surface area contributed by atoms with Gasteiger partial charge in [-0.1, -0.05) is 19.0 Å². The maximum Gasteiger partial charge on any atom is 0.328 e. The van der Waals surface area contributed by atoms with Crippen molar-refractivity contribution in [1.82, 2.24) is 10.1 Å². The number of hydrogen-bond donors (Lipinski definition) is 1. The van der Waals surface area contributed by atoms with E-state index in [-0.39, 0.29) is 11.9 Å². The number of nitrogens with one attached hydrogen (secondary N) is 1. The molecule has 0 aliphatic carbocycles. The third kappa shape index (κ3) is 3.16. The second-order valence-corrected chi connectivity index (χ2v) is 5.63. The highest BCUT2D eigenvalue weighted by molar-refractivity contribution is 7.14. The molecule has 1 amide bonds. The van der Waals surface area contributed by atoms with Gasteiger partial charge in [-0.05, 0) is 31.4 Å². The van der Waals surface area contributed by atoms with E-state index >= 15 is 0 Å². The Hall–Kier alpha value is -1.69. The zero-order valence-corrected chi connectivity index (χ0v) is 11.4. The Kier molecular flexibility index (Phi) is 3.76. The SMILES string of the molecule is Cc1noc(NC(=O)c2ccc(CC(C)C)s2)n1. The summed E-state index contributed by atoms with van der Waals surface area (Å²) in [4.78, 5) is 17.7. The van der Waals surface area contributed by atoms with E-state index in [2.05, 4.69) is 29.3 Å². The molecular formula is C12H15N3O2S. The van der Waals surface area contributed by atoms with Crippen molar-refractivity contribution in [3.8, 4) is 0 Å². The van der Waals surface area contributed by atoms with Crippen LogP contribution in [0.25, 0.3) is 0 Å². The zero-order chi connectivity index (χ0) is 13.1. The van der Waals surface area contributed by atoms with Crippen LogP contribution in [0, 0.1) is 12.8 Å². The van der Waals surface area contributed by atoms with Gasteiger partial charge in [-0.3, -0.25) is 10.1 Å². The standard InChI is InChI=1S/C12H15N3O2S/c1-7(2)6-9-4-5-10(18-9)11(16)14-12-13-8(3)15-17-12/h4-5,7H,6H2,1-3H3,(H,13,14,15,16). The Morgan fingerprint density at radius 1 is 1.50 bits per heavy atom. The Labute approximate surface area is 109 Å². The third-order valence-corrected chi connectivity index (χ3v) is 3.35. The first-order valence-corrected chi connectivity index (χ1v) is 6.56. The molecule has 0 bridgehead atoms. The van der Waals surface area contributed by atoms with Gasteiger partial charge in [-0.15, -0.1) is 11.3 Å². The molecule has 0 saturated carbocycles. The van der Waals surface area contributed by atoms with Crippen LogP contribution in [0.5, 0.6) is 0 Å². The second-order valence-electron chi connectivity index (χ2n) is 4.46. The van der Waals surface area contributed by atoms with Crippen LogP contribution >= 0.6 is 11.3 Å². The van der Waals surface area contributed by atoms with E-state index in [1.807, 2.05) is 12.1 Å². The number of hydrogen-bond acceptors (Lipinski definition) is 5. The van der Waals surface area contributed by atoms with Gasteiger partial charge in [-0.2, -0.15) is 4.98 Å². The number of nitrogens with zero attached hydrogens (tertiary/aromatic N) is 2. The van der Waals surface area contributed by atoms with Crippen molar-refractivity contribution in [1.29, 1.82) is 0 Å². The number of carbonyl (C=O) groups excluding carboxylic acids is 1. The van der Waals surface area contributed by atoms with Crippen molar-refractivity contribution >= 4 is 23.3 Å². The number of rotatable bonds is 4. The first-order valence-electron chi connectivity index (χ1n) is 5.75. The lowest BCUT2D eigenvalue weighted by atomic mass is 10.1. The topological polar surface area (TPSA) is 68.0 Å². The Morgan fingerprint density at radius 2 is 2.28 bits per heavy atom. The van der Waals surface area contributed by atoms with E-state index in [0.29, 0.717) is 16.6 Å². The highest BCUT2D eigenvalue weighted by Gasteiger charge is 2.13. The summed E-state index contributed by atoms with van der Waals surface area (Å²) in [6, 6.07) is 3.94. The Balaban J connectivity index is 2.02. The van der Waals surface area contributed by atoms with E-state index in [0.717, 1.165) is 6.42 Å². The average molecular weight is 265 g/mol. The Morgan fingerprint density at radius 3 is 2.89 bits per heavy atom. The van der Waals surface area contributed by atoms with Crippen molar-refractivity contribution in [2.75, 3.05) is 5.32 Å². The van der Waals surface area contributed by atoms with Gasteiger partial charge in [0.1, 0.15) is 0 Å². The van der Waals surface area contributed by atoms with Crippen molar-refractivity contribution in [3.05, 3.63) is 27.7 Å². The summed E-state index contributed by atoms with van der Waals surface area (Å²) in [5.74, 6) is 0.869. The summed E-state index contributed by atoms with van der Waals surface area (Å²) in [6.07, 6.45) is 0.984. The molecule has 96 valence electrons. The normalized spacial score (nSPS) is 10.9. The van der Waals surface area contributed by atoms with E-state index < -0.39 is 0 Å². The molecule has 0 fully saturated rings. The zero-order valence-electron chi connectivity index (χ0n) is 10.6. The minimum Gasteiger partial charge on any atom is -0.315 e. The molecule has 0 aliphatic heterocycles. The number of anilines is 1. The van der Waals surface area contributed by atoms with E-state index in [1.165, 1.54) is 16.2 Å². The molecule has 2 heterocycles. The van der Waals surface area contributed by atoms with Crippen molar-refractivity contribution in [2.45, 2.75) is 27.2 Å². The number of thiophene rings is 1. The molecule has 0 spiro atoms. The molecule has 1 N–H and O–H groups in total. The van der Waals surface area contributed by atoms with Gasteiger partial charge in [0.2, 0.25) is 0 Å². The first-order chi connectivity index (χ1) is 8.54. The van der Waals surface area contributed by atoms with Crippen LogP contribution in [0.1, 0.15) is 34.2 Å².